The van der Waals surface area contributed by atoms with E-state index in [1.807, 2.05) is 177 Å². The van der Waals surface area contributed by atoms with Crippen LogP contribution in [0.15, 0.2) is 481 Å². The van der Waals surface area contributed by atoms with Crippen LogP contribution in [0.1, 0.15) is 88.0 Å². The van der Waals surface area contributed by atoms with E-state index in [1.54, 1.807) is 124 Å². The van der Waals surface area contributed by atoms with Crippen LogP contribution in [0.4, 0.5) is 22.7 Å². The van der Waals surface area contributed by atoms with Gasteiger partial charge in [0.25, 0.3) is 0 Å². The smallest absolute Gasteiger partial charge is 0.222 e. The number of hydrogen-bond donors (Lipinski definition) is 1. The zero-order valence-electron chi connectivity index (χ0n) is 74.3. The fraction of sp³-hybridized carbons (Fsp3) is 0.121. The van der Waals surface area contributed by atoms with Crippen molar-refractivity contribution in [2.75, 3.05) is 6.54 Å². The standard InChI is InChI=1S/C9H7N.C9H8.3C8H7N.3C7H6N2.2C6H8.C5H6NO.C5H5N.2C4H4N2.C4H6N2.C4H4N2.2C3H3N3/c1-2-6-9-8(4-1)5-3-7-10-9;1-2-5-9-7-3-6-8(9)4-1;1-3-7-4-2-6-9-8(7)5-1;1-2-4-8-6-9-5-7(8)3-1;1-2-4-8-7(3-1)5-6-9-8;1-3-8-5-7-6(1)2-4-9-7;1-2-6-7(8-4-1)3-5-9-6;1-2-4-7-6(3-1)5-8-9-7;2*1-2-4-6-5-3-1;7-6-4-2-1-3-5-6;1-2-4-6-5-3-1;1-2-6-4-3-5-1;1-2-5-4-6-3-1;2*1-2-4-6-5-3-1;1-4-2-6-3-5-1;1-2-5-6-3-4-1/h1-7H;1-6H,7H2;1-4,6H,5H2;1-5H,6H2;1-4,6H,5H2;1,3-5H,2H2;1-2,4-5H,3H2;1-4H,5H2;1-2,5-6H,3-4H2;1-4H,5-6H2;1-5,7H;1-5H;2*1-4H;1,3H,2,4H2;1-4H;2*1-3H/q;;;;;;;;;;+1;;;;;;;. The minimum atomic E-state index is 0.760. The average Bonchev–Trinajstić information content (AvgIpc) is 1.67. The Bertz CT molecular complexity index is 5130. The molecule has 26 rings (SSSR count). The number of para-hydroxylation sites is 2. The van der Waals surface area contributed by atoms with Crippen LogP contribution in [0.5, 0.6) is 0 Å². The normalized spacial score (nSPS) is 12.3. The molecule has 27 heteroatoms. The lowest BCUT2D eigenvalue weighted by molar-refractivity contribution is -0.904. The first-order valence-electron chi connectivity index (χ1n) is 43.2. The number of pyridine rings is 6. The van der Waals surface area contributed by atoms with Gasteiger partial charge in [0.05, 0.1) is 71.7 Å². The Balaban J connectivity index is 0.000000160. The first kappa shape index (κ1) is 100. The minimum Gasteiger partial charge on any atom is -0.288 e. The van der Waals surface area contributed by atoms with Crippen molar-refractivity contribution in [3.05, 3.63) is 497 Å². The summed E-state index contributed by atoms with van der Waals surface area (Å²) in [5.74, 6) is 0. The van der Waals surface area contributed by atoms with Crippen LogP contribution >= 0.6 is 0 Å². The number of fused-ring (bicyclic) bond motifs is 8. The molecule has 11 aromatic heterocycles. The molecule has 1 N–H and O–H groups in total. The van der Waals surface area contributed by atoms with Gasteiger partial charge in [-0.2, -0.15) is 35.8 Å². The van der Waals surface area contributed by atoms with Gasteiger partial charge in [-0.1, -0.05) is 206 Å². The Labute approximate surface area is 782 Å². The zero-order chi connectivity index (χ0) is 92.8. The summed E-state index contributed by atoms with van der Waals surface area (Å²) in [6, 6.07) is 71.5. The summed E-state index contributed by atoms with van der Waals surface area (Å²) in [4.78, 5) is 65.9. The Morgan fingerprint density at radius 3 is 1.33 bits per heavy atom. The van der Waals surface area contributed by atoms with Crippen LogP contribution in [0.2, 0.25) is 0 Å². The molecule has 0 saturated heterocycles. The van der Waals surface area contributed by atoms with E-state index in [4.69, 9.17) is 5.21 Å². The average molecular weight is 1770 g/mol. The first-order chi connectivity index (χ1) is 66.6. The van der Waals surface area contributed by atoms with Crippen LogP contribution in [0.3, 0.4) is 0 Å². The fourth-order valence-electron chi connectivity index (χ4n) is 11.5. The monoisotopic (exact) mass is 1770 g/mol. The molecule has 17 heterocycles. The van der Waals surface area contributed by atoms with Gasteiger partial charge in [-0.25, -0.2) is 29.9 Å². The molecule has 6 aliphatic heterocycles. The maximum atomic E-state index is 8.55. The molecule has 5 aromatic carbocycles. The van der Waals surface area contributed by atoms with Gasteiger partial charge < -0.3 is 0 Å². The number of azo groups is 2. The van der Waals surface area contributed by atoms with Gasteiger partial charge in [0, 0.05) is 178 Å². The largest absolute Gasteiger partial charge is 0.288 e. The maximum absolute atomic E-state index is 8.55. The van der Waals surface area contributed by atoms with E-state index in [0.29, 0.717) is 0 Å². The van der Waals surface area contributed by atoms with E-state index < -0.39 is 0 Å². The predicted molar refractivity (Wildman–Crippen MR) is 533 cm³/mol. The third kappa shape index (κ3) is 44.7. The predicted octanol–water partition coefficient (Wildman–Crippen LogP) is 22.3. The van der Waals surface area contributed by atoms with E-state index in [9.17, 15) is 0 Å². The highest BCUT2D eigenvalue weighted by atomic mass is 16.5. The summed E-state index contributed by atoms with van der Waals surface area (Å²) >= 11 is 0. The lowest BCUT2D eigenvalue weighted by Crippen LogP contribution is -2.27. The summed E-state index contributed by atoms with van der Waals surface area (Å²) in [5.41, 5.74) is 18.2. The zero-order valence-corrected chi connectivity index (χ0v) is 74.3. The molecule has 10 aliphatic rings. The van der Waals surface area contributed by atoms with E-state index >= 15 is 0 Å². The van der Waals surface area contributed by atoms with E-state index in [-0.39, 0.29) is 0 Å². The van der Waals surface area contributed by atoms with Gasteiger partial charge in [0.1, 0.15) is 31.6 Å². The van der Waals surface area contributed by atoms with Gasteiger partial charge >= 0.3 is 0 Å². The van der Waals surface area contributed by atoms with E-state index in [2.05, 4.69) is 265 Å². The highest BCUT2D eigenvalue weighted by Crippen LogP contribution is 2.26. The summed E-state index contributed by atoms with van der Waals surface area (Å²) in [6.45, 7) is 2.50. The third-order valence-electron chi connectivity index (χ3n) is 18.0. The molecule has 134 heavy (non-hydrogen) atoms. The van der Waals surface area contributed by atoms with Crippen molar-refractivity contribution in [3.8, 4) is 0 Å². The first-order valence-corrected chi connectivity index (χ1v) is 43.2. The highest BCUT2D eigenvalue weighted by molar-refractivity contribution is 5.84. The van der Waals surface area contributed by atoms with E-state index in [0.717, 1.165) is 110 Å². The van der Waals surface area contributed by atoms with Crippen molar-refractivity contribution in [2.45, 2.75) is 77.3 Å². The molecule has 27 nitrogen and oxygen atoms in total. The number of benzene rings is 5. The van der Waals surface area contributed by atoms with Gasteiger partial charge in [-0.3, -0.25) is 60.1 Å². The lowest BCUT2D eigenvalue weighted by Gasteiger charge is -1.93. The van der Waals surface area contributed by atoms with Crippen LogP contribution in [0, 0.1) is 0 Å². The number of hydrogen-bond acceptors (Lipinski definition) is 26. The van der Waals surface area contributed by atoms with Crippen LogP contribution < -0.4 is 4.73 Å². The van der Waals surface area contributed by atoms with Gasteiger partial charge in [-0.05, 0) is 156 Å². The van der Waals surface area contributed by atoms with Crippen molar-refractivity contribution < 1.29 is 9.94 Å². The van der Waals surface area contributed by atoms with Gasteiger partial charge in [0.15, 0.2) is 0 Å². The van der Waals surface area contributed by atoms with Crippen molar-refractivity contribution in [2.24, 2.45) is 40.4 Å². The molecule has 4 aliphatic carbocycles. The van der Waals surface area contributed by atoms with Crippen LogP contribution in [0.25, 0.3) is 23.1 Å². The minimum absolute atomic E-state index is 0.760. The van der Waals surface area contributed by atoms with Gasteiger partial charge in [0.2, 0.25) is 12.4 Å². The van der Waals surface area contributed by atoms with Crippen molar-refractivity contribution in [1.82, 2.24) is 85.2 Å². The molecule has 0 fully saturated rings. The lowest BCUT2D eigenvalue weighted by atomic mass is 10.1. The summed E-state index contributed by atoms with van der Waals surface area (Å²) in [6.07, 6.45) is 87.3. The van der Waals surface area contributed by atoms with Gasteiger partial charge in [-0.15, -0.1) is 5.10 Å². The molecule has 668 valence electrons. The summed E-state index contributed by atoms with van der Waals surface area (Å²) < 4.78 is 1.00. The molecule has 0 bridgehead atoms. The van der Waals surface area contributed by atoms with Crippen molar-refractivity contribution >= 4 is 70.7 Å². The molecule has 0 saturated carbocycles. The van der Waals surface area contributed by atoms with E-state index in [1.165, 1.54) is 106 Å². The Morgan fingerprint density at radius 1 is 0.291 bits per heavy atom. The maximum Gasteiger partial charge on any atom is 0.222 e. The number of allylic oxidation sites excluding steroid dienone is 10. The molecule has 0 atom stereocenters. The number of aliphatic imine (C=N–C) groups is 4. The van der Waals surface area contributed by atoms with Crippen LogP contribution in [-0.2, 0) is 45.2 Å². The number of rotatable bonds is 0. The Kier molecular flexibility index (Phi) is 50.6. The molecule has 0 amide bonds. The second-order valence-corrected chi connectivity index (χ2v) is 27.6. The molecule has 0 unspecified atom stereocenters. The quantitative estimate of drug-likeness (QED) is 0.0837. The number of nitrogens with zero attached hydrogens (tertiary/aromatic N) is 26. The second kappa shape index (κ2) is 67.6. The third-order valence-corrected chi connectivity index (χ3v) is 18.0. The summed E-state index contributed by atoms with van der Waals surface area (Å²) in [7, 11) is 0. The topological polar surface area (TPSA) is 342 Å². The van der Waals surface area contributed by atoms with Crippen molar-refractivity contribution in [1.29, 1.82) is 0 Å². The SMILES string of the molecule is C1=CCC=CC1.C1=CCCC=C1.C1=CN=NCC1.C1=Cc2ccccc2C1.C1=Cc2cccnc2C1.C1=NCc2ccccc21.C1=Nc2ccccc2C1.C1=Nc2cccnc2C1.C1=Nc2cnccc2C1.O[n+]1ccccc1.c1ccc2c(c1)CN=N2.c1ccc2ncccc2c1.c1ccncc1.c1ccnnc1.c1cnccn1.c1cncnc1.c1cnncn1.c1ncncn1. The number of aromatic nitrogens is 18. The molecular formula is C107H105N26O+. The molecular weight excluding hydrogens is 1670 g/mol. The Morgan fingerprint density at radius 2 is 0.821 bits per heavy atom. The van der Waals surface area contributed by atoms with Crippen LogP contribution in [-0.4, -0.2) is 122 Å². The second-order valence-electron chi connectivity index (χ2n) is 27.6. The fourth-order valence-corrected chi connectivity index (χ4v) is 11.5. The Hall–Kier alpha value is -17.6. The molecule has 16 aromatic rings. The van der Waals surface area contributed by atoms with Crippen molar-refractivity contribution in [3.63, 3.8) is 0 Å². The molecule has 0 radical (unpaired) electrons. The highest BCUT2D eigenvalue weighted by Gasteiger charge is 2.08. The molecule has 0 spiro atoms. The summed E-state index contributed by atoms with van der Waals surface area (Å²) in [5, 5.41) is 38.9.